The molecule has 1 fully saturated rings. The Hall–Kier alpha value is -0.950. The maximum atomic E-state index is 10.5. The van der Waals surface area contributed by atoms with Gasteiger partial charge in [0.2, 0.25) is 0 Å². The van der Waals surface area contributed by atoms with Gasteiger partial charge < -0.3 is 14.9 Å². The van der Waals surface area contributed by atoms with E-state index in [0.717, 1.165) is 19.4 Å². The average molecular weight is 276 g/mol. The minimum atomic E-state index is -0.504. The molecule has 2 heterocycles. The van der Waals surface area contributed by atoms with Gasteiger partial charge in [0, 0.05) is 6.61 Å². The molecule has 82 valence electrons. The van der Waals surface area contributed by atoms with E-state index in [1.165, 1.54) is 0 Å². The predicted molar refractivity (Wildman–Crippen MR) is 55.6 cm³/mol. The second kappa shape index (κ2) is 4.28. The van der Waals surface area contributed by atoms with Crippen molar-refractivity contribution in [3.63, 3.8) is 0 Å². The van der Waals surface area contributed by atoms with Gasteiger partial charge in [0.1, 0.15) is 4.47 Å². The van der Waals surface area contributed by atoms with Crippen molar-refractivity contribution >= 4 is 21.7 Å². The van der Waals surface area contributed by atoms with Crippen molar-refractivity contribution in [2.24, 2.45) is 0 Å². The first kappa shape index (κ1) is 10.6. The Kier molecular flexibility index (Phi) is 3.01. The SMILES string of the molecule is O=[N+]([O-])c1nn(CC2CCCO2)cc1Br. The summed E-state index contributed by atoms with van der Waals surface area (Å²) in [7, 11) is 0. The lowest BCUT2D eigenvalue weighted by Crippen LogP contribution is -2.15. The summed E-state index contributed by atoms with van der Waals surface area (Å²) in [6.45, 7) is 1.35. The number of hydrogen-bond donors (Lipinski definition) is 0. The van der Waals surface area contributed by atoms with Crippen LogP contribution in [-0.2, 0) is 11.3 Å². The number of halogens is 1. The first-order valence-electron chi connectivity index (χ1n) is 4.66. The van der Waals surface area contributed by atoms with Crippen LogP contribution in [0.1, 0.15) is 12.8 Å². The normalized spacial score (nSPS) is 20.7. The zero-order valence-corrected chi connectivity index (χ0v) is 9.51. The monoisotopic (exact) mass is 275 g/mol. The lowest BCUT2D eigenvalue weighted by atomic mass is 10.2. The van der Waals surface area contributed by atoms with Gasteiger partial charge in [-0.05, 0) is 33.7 Å². The first-order valence-corrected chi connectivity index (χ1v) is 5.45. The van der Waals surface area contributed by atoms with Crippen molar-refractivity contribution in [1.29, 1.82) is 0 Å². The van der Waals surface area contributed by atoms with Gasteiger partial charge in [-0.2, -0.15) is 4.68 Å². The van der Waals surface area contributed by atoms with Gasteiger partial charge >= 0.3 is 5.82 Å². The second-order valence-corrected chi connectivity index (χ2v) is 4.27. The quantitative estimate of drug-likeness (QED) is 0.622. The molecule has 0 aliphatic carbocycles. The molecule has 0 bridgehead atoms. The van der Waals surface area contributed by atoms with E-state index in [2.05, 4.69) is 21.0 Å². The summed E-state index contributed by atoms with van der Waals surface area (Å²) in [5.74, 6) is -0.145. The third-order valence-corrected chi connectivity index (χ3v) is 2.85. The third-order valence-electron chi connectivity index (χ3n) is 2.29. The number of hydrogen-bond acceptors (Lipinski definition) is 4. The topological polar surface area (TPSA) is 70.2 Å². The van der Waals surface area contributed by atoms with Crippen LogP contribution < -0.4 is 0 Å². The Bertz CT molecular complexity index is 373. The number of nitrogens with zero attached hydrogens (tertiary/aromatic N) is 3. The maximum absolute atomic E-state index is 10.5. The maximum Gasteiger partial charge on any atom is 0.404 e. The first-order chi connectivity index (χ1) is 7.16. The van der Waals surface area contributed by atoms with Crippen LogP contribution in [0.25, 0.3) is 0 Å². The molecule has 0 spiro atoms. The Morgan fingerprint density at radius 2 is 2.60 bits per heavy atom. The highest BCUT2D eigenvalue weighted by molar-refractivity contribution is 9.10. The molecule has 1 atom stereocenters. The molecular weight excluding hydrogens is 266 g/mol. The standard InChI is InChI=1S/C8H10BrN3O3/c9-7-5-11(10-8(7)12(13)14)4-6-2-1-3-15-6/h5-6H,1-4H2. The van der Waals surface area contributed by atoms with Gasteiger partial charge in [-0.3, -0.25) is 0 Å². The summed E-state index contributed by atoms with van der Waals surface area (Å²) >= 11 is 3.10. The highest BCUT2D eigenvalue weighted by Crippen LogP contribution is 2.23. The van der Waals surface area contributed by atoms with Crippen molar-refractivity contribution in [3.8, 4) is 0 Å². The zero-order valence-electron chi connectivity index (χ0n) is 7.93. The summed E-state index contributed by atoms with van der Waals surface area (Å²) in [6.07, 6.45) is 3.79. The van der Waals surface area contributed by atoms with Crippen molar-refractivity contribution < 1.29 is 9.66 Å². The molecule has 6 nitrogen and oxygen atoms in total. The highest BCUT2D eigenvalue weighted by atomic mass is 79.9. The Morgan fingerprint density at radius 3 is 3.13 bits per heavy atom. The van der Waals surface area contributed by atoms with E-state index < -0.39 is 4.92 Å². The van der Waals surface area contributed by atoms with E-state index in [1.54, 1.807) is 10.9 Å². The van der Waals surface area contributed by atoms with Crippen LogP contribution in [0.2, 0.25) is 0 Å². The molecule has 7 heteroatoms. The van der Waals surface area contributed by atoms with E-state index >= 15 is 0 Å². The molecule has 2 rings (SSSR count). The minimum absolute atomic E-state index is 0.136. The number of ether oxygens (including phenoxy) is 1. The van der Waals surface area contributed by atoms with Crippen molar-refractivity contribution in [3.05, 3.63) is 20.8 Å². The van der Waals surface area contributed by atoms with Crippen LogP contribution in [0.15, 0.2) is 10.7 Å². The Labute approximate surface area is 94.5 Å². The van der Waals surface area contributed by atoms with Gasteiger partial charge in [-0.25, -0.2) is 0 Å². The number of nitro groups is 1. The Morgan fingerprint density at radius 1 is 1.80 bits per heavy atom. The molecule has 15 heavy (non-hydrogen) atoms. The Balaban J connectivity index is 2.08. The fourth-order valence-electron chi connectivity index (χ4n) is 1.60. The van der Waals surface area contributed by atoms with Crippen LogP contribution in [0.5, 0.6) is 0 Å². The van der Waals surface area contributed by atoms with Crippen molar-refractivity contribution in [2.45, 2.75) is 25.5 Å². The van der Waals surface area contributed by atoms with Crippen LogP contribution in [0.3, 0.4) is 0 Å². The molecule has 0 saturated carbocycles. The predicted octanol–water partition coefficient (Wildman–Crippen LogP) is 1.73. The van der Waals surface area contributed by atoms with Gasteiger partial charge in [-0.1, -0.05) is 0 Å². The molecule has 1 unspecified atom stereocenters. The van der Waals surface area contributed by atoms with E-state index in [0.29, 0.717) is 11.0 Å². The van der Waals surface area contributed by atoms with Crippen molar-refractivity contribution in [1.82, 2.24) is 9.78 Å². The van der Waals surface area contributed by atoms with Crippen LogP contribution in [-0.4, -0.2) is 27.4 Å². The van der Waals surface area contributed by atoms with E-state index in [1.807, 2.05) is 0 Å². The summed E-state index contributed by atoms with van der Waals surface area (Å²) in [6, 6.07) is 0. The number of rotatable bonds is 3. The molecule has 1 aromatic heterocycles. The highest BCUT2D eigenvalue weighted by Gasteiger charge is 2.22. The molecule has 0 N–H and O–H groups in total. The lowest BCUT2D eigenvalue weighted by Gasteiger charge is -2.05. The molecule has 0 aromatic carbocycles. The molecular formula is C8H10BrN3O3. The summed E-state index contributed by atoms with van der Waals surface area (Å²) in [5, 5.41) is 14.4. The fourth-order valence-corrected chi connectivity index (χ4v) is 2.06. The van der Waals surface area contributed by atoms with E-state index in [-0.39, 0.29) is 11.9 Å². The molecule has 1 aliphatic heterocycles. The van der Waals surface area contributed by atoms with Crippen LogP contribution in [0, 0.1) is 10.1 Å². The lowest BCUT2D eigenvalue weighted by molar-refractivity contribution is -0.390. The third kappa shape index (κ3) is 2.35. The minimum Gasteiger partial charge on any atom is -0.376 e. The summed E-state index contributed by atoms with van der Waals surface area (Å²) < 4.78 is 7.38. The molecule has 0 radical (unpaired) electrons. The zero-order chi connectivity index (χ0) is 10.8. The van der Waals surface area contributed by atoms with E-state index in [9.17, 15) is 10.1 Å². The average Bonchev–Trinajstić information content (AvgIpc) is 2.75. The van der Waals surface area contributed by atoms with Crippen LogP contribution in [0.4, 0.5) is 5.82 Å². The molecule has 1 aromatic rings. The molecule has 1 saturated heterocycles. The van der Waals surface area contributed by atoms with E-state index in [4.69, 9.17) is 4.74 Å². The molecule has 0 amide bonds. The summed E-state index contributed by atoms with van der Waals surface area (Å²) in [5.41, 5.74) is 0. The largest absolute Gasteiger partial charge is 0.404 e. The van der Waals surface area contributed by atoms with Gasteiger partial charge in [0.05, 0.1) is 23.9 Å². The summed E-state index contributed by atoms with van der Waals surface area (Å²) in [4.78, 5) is 10.0. The van der Waals surface area contributed by atoms with Crippen molar-refractivity contribution in [2.75, 3.05) is 6.61 Å². The van der Waals surface area contributed by atoms with Gasteiger partial charge in [0.15, 0.2) is 0 Å². The smallest absolute Gasteiger partial charge is 0.376 e. The van der Waals surface area contributed by atoms with Gasteiger partial charge in [0.25, 0.3) is 0 Å². The van der Waals surface area contributed by atoms with Crippen LogP contribution >= 0.6 is 15.9 Å². The second-order valence-electron chi connectivity index (χ2n) is 3.41. The fraction of sp³-hybridized carbons (Fsp3) is 0.625. The number of aromatic nitrogens is 2. The molecule has 1 aliphatic rings. The van der Waals surface area contributed by atoms with Gasteiger partial charge in [-0.15, -0.1) is 0 Å².